The van der Waals surface area contributed by atoms with Crippen LogP contribution in [0.15, 0.2) is 36.6 Å². The van der Waals surface area contributed by atoms with Gasteiger partial charge in [-0.15, -0.1) is 0 Å². The van der Waals surface area contributed by atoms with Crippen molar-refractivity contribution in [1.82, 2.24) is 0 Å². The van der Waals surface area contributed by atoms with E-state index in [1.165, 1.54) is 0 Å². The molecule has 1 unspecified atom stereocenters. The molecular weight excluding hydrogens is 188 g/mol. The Balaban J connectivity index is 2.71. The molecule has 70 valence electrons. The third kappa shape index (κ3) is 3.09. The molecule has 0 aromatic heterocycles. The minimum absolute atomic E-state index is 0.0255. The van der Waals surface area contributed by atoms with Gasteiger partial charge in [0.1, 0.15) is 0 Å². The second-order valence-electron chi connectivity index (χ2n) is 2.84. The molecule has 0 saturated heterocycles. The highest BCUT2D eigenvalue weighted by Gasteiger charge is 2.07. The first-order valence-electron chi connectivity index (χ1n) is 3.90. The molecule has 1 aromatic carbocycles. The van der Waals surface area contributed by atoms with E-state index < -0.39 is 6.10 Å². The third-order valence-electron chi connectivity index (χ3n) is 1.68. The van der Waals surface area contributed by atoms with Crippen molar-refractivity contribution in [1.29, 1.82) is 0 Å². The Morgan fingerprint density at radius 1 is 1.38 bits per heavy atom. The maximum Gasteiger partial charge on any atom is 0.0880 e. The Morgan fingerprint density at radius 2 is 1.92 bits per heavy atom. The van der Waals surface area contributed by atoms with E-state index in [0.717, 1.165) is 5.56 Å². The highest BCUT2D eigenvalue weighted by atomic mass is 35.5. The average molecular weight is 199 g/mol. The Morgan fingerprint density at radius 3 is 2.38 bits per heavy atom. The predicted molar refractivity (Wildman–Crippen MR) is 52.8 cm³/mol. The topological polar surface area (TPSA) is 40.5 Å². The van der Waals surface area contributed by atoms with E-state index in [1.807, 2.05) is 0 Å². The van der Waals surface area contributed by atoms with Gasteiger partial charge >= 0.3 is 0 Å². The quantitative estimate of drug-likeness (QED) is 0.734. The predicted octanol–water partition coefficient (Wildman–Crippen LogP) is 2.84. The summed E-state index contributed by atoms with van der Waals surface area (Å²) in [7, 11) is 0. The van der Waals surface area contributed by atoms with Gasteiger partial charge in [-0.25, -0.2) is 0 Å². The molecule has 1 aromatic rings. The first-order valence-corrected chi connectivity index (χ1v) is 4.27. The average Bonchev–Trinajstić information content (AvgIpc) is 2.04. The van der Waals surface area contributed by atoms with Crippen molar-refractivity contribution in [3.05, 3.63) is 47.2 Å². The van der Waals surface area contributed by atoms with Crippen molar-refractivity contribution < 1.29 is 10.2 Å². The van der Waals surface area contributed by atoms with Crippen molar-refractivity contribution in [3.8, 4) is 0 Å². The number of benzene rings is 1. The van der Waals surface area contributed by atoms with Crippen molar-refractivity contribution in [2.75, 3.05) is 0 Å². The summed E-state index contributed by atoms with van der Waals surface area (Å²) in [6, 6.07) is 6.83. The number of rotatable bonds is 3. The van der Waals surface area contributed by atoms with E-state index in [-0.39, 0.29) is 12.2 Å². The summed E-state index contributed by atoms with van der Waals surface area (Å²) in [5, 5.41) is 19.0. The molecule has 0 heterocycles. The van der Waals surface area contributed by atoms with Gasteiger partial charge in [0.25, 0.3) is 0 Å². The lowest BCUT2D eigenvalue weighted by Crippen LogP contribution is -1.97. The van der Waals surface area contributed by atoms with E-state index in [4.69, 9.17) is 16.7 Å². The van der Waals surface area contributed by atoms with Crippen LogP contribution in [0.1, 0.15) is 18.1 Å². The zero-order valence-electron chi connectivity index (χ0n) is 7.07. The maximum atomic E-state index is 9.52. The van der Waals surface area contributed by atoms with Crippen LogP contribution in [0.25, 0.3) is 0 Å². The zero-order chi connectivity index (χ0) is 9.84. The van der Waals surface area contributed by atoms with E-state index in [9.17, 15) is 5.11 Å². The summed E-state index contributed by atoms with van der Waals surface area (Å²) in [5.41, 5.74) is 0.722. The van der Waals surface area contributed by atoms with Crippen LogP contribution in [0.4, 0.5) is 0 Å². The molecule has 3 heteroatoms. The number of aliphatic hydroxyl groups excluding tert-OH is 2. The molecular formula is C10H11ClO2. The molecule has 2 nitrogen and oxygen atoms in total. The minimum atomic E-state index is -0.713. The molecule has 0 spiro atoms. The Bertz CT molecular complexity index is 292. The van der Waals surface area contributed by atoms with Gasteiger partial charge in [-0.3, -0.25) is 0 Å². The lowest BCUT2D eigenvalue weighted by molar-refractivity contribution is 0.161. The van der Waals surface area contributed by atoms with Crippen LogP contribution in [-0.4, -0.2) is 10.2 Å². The summed E-state index contributed by atoms with van der Waals surface area (Å²) >= 11 is 5.67. The van der Waals surface area contributed by atoms with E-state index >= 15 is 0 Å². The normalized spacial score (nSPS) is 12.5. The van der Waals surface area contributed by atoms with Crippen LogP contribution < -0.4 is 0 Å². The van der Waals surface area contributed by atoms with Gasteiger partial charge in [-0.05, 0) is 17.7 Å². The molecule has 0 saturated carbocycles. The van der Waals surface area contributed by atoms with Gasteiger partial charge in [0, 0.05) is 11.4 Å². The number of aliphatic hydroxyl groups is 2. The number of halogens is 1. The van der Waals surface area contributed by atoms with Crippen molar-refractivity contribution >= 4 is 11.6 Å². The molecule has 0 aliphatic heterocycles. The number of hydrogen-bond donors (Lipinski definition) is 2. The smallest absolute Gasteiger partial charge is 0.0880 e. The Labute approximate surface area is 82.1 Å². The monoisotopic (exact) mass is 198 g/mol. The van der Waals surface area contributed by atoms with Crippen LogP contribution in [-0.2, 0) is 0 Å². The van der Waals surface area contributed by atoms with Crippen LogP contribution in [0.2, 0.25) is 5.02 Å². The van der Waals surface area contributed by atoms with Crippen molar-refractivity contribution in [3.63, 3.8) is 0 Å². The maximum absolute atomic E-state index is 9.52. The van der Waals surface area contributed by atoms with Gasteiger partial charge in [-0.2, -0.15) is 0 Å². The van der Waals surface area contributed by atoms with Crippen LogP contribution in [0.5, 0.6) is 0 Å². The fourth-order valence-electron chi connectivity index (χ4n) is 1.03. The molecule has 1 atom stereocenters. The molecule has 0 radical (unpaired) electrons. The SMILES string of the molecule is C=C(O)CC(O)c1ccc(Cl)cc1. The third-order valence-corrected chi connectivity index (χ3v) is 1.94. The first-order chi connectivity index (χ1) is 6.09. The van der Waals surface area contributed by atoms with Crippen LogP contribution in [0, 0.1) is 0 Å². The van der Waals surface area contributed by atoms with Crippen LogP contribution >= 0.6 is 11.6 Å². The summed E-state index contributed by atoms with van der Waals surface area (Å²) in [6.45, 7) is 3.31. The van der Waals surface area contributed by atoms with Crippen LogP contribution in [0.3, 0.4) is 0 Å². The van der Waals surface area contributed by atoms with E-state index in [0.29, 0.717) is 5.02 Å². The molecule has 0 aliphatic carbocycles. The molecule has 13 heavy (non-hydrogen) atoms. The first kappa shape index (κ1) is 10.1. The second-order valence-corrected chi connectivity index (χ2v) is 3.27. The second kappa shape index (κ2) is 4.30. The lowest BCUT2D eigenvalue weighted by atomic mass is 10.1. The van der Waals surface area contributed by atoms with Crippen molar-refractivity contribution in [2.24, 2.45) is 0 Å². The molecule has 0 amide bonds. The molecule has 0 bridgehead atoms. The minimum Gasteiger partial charge on any atom is -0.513 e. The fourth-order valence-corrected chi connectivity index (χ4v) is 1.15. The highest BCUT2D eigenvalue weighted by molar-refractivity contribution is 6.30. The number of hydrogen-bond acceptors (Lipinski definition) is 2. The fraction of sp³-hybridized carbons (Fsp3) is 0.200. The van der Waals surface area contributed by atoms with Gasteiger partial charge in [0.05, 0.1) is 11.9 Å². The molecule has 2 N–H and O–H groups in total. The highest BCUT2D eigenvalue weighted by Crippen LogP contribution is 2.20. The molecule has 0 fully saturated rings. The van der Waals surface area contributed by atoms with Gasteiger partial charge in [0.15, 0.2) is 0 Å². The van der Waals surface area contributed by atoms with E-state index in [1.54, 1.807) is 24.3 Å². The molecule has 0 aliphatic rings. The standard InChI is InChI=1S/C10H11ClO2/c1-7(12)6-10(13)8-2-4-9(11)5-3-8/h2-5,10,12-13H,1,6H2. The zero-order valence-corrected chi connectivity index (χ0v) is 7.83. The Hall–Kier alpha value is -0.990. The summed E-state index contributed by atoms with van der Waals surface area (Å²) in [6.07, 6.45) is -0.559. The summed E-state index contributed by atoms with van der Waals surface area (Å²) < 4.78 is 0. The van der Waals surface area contributed by atoms with Gasteiger partial charge in [0.2, 0.25) is 0 Å². The van der Waals surface area contributed by atoms with Crippen molar-refractivity contribution in [2.45, 2.75) is 12.5 Å². The molecule has 1 rings (SSSR count). The van der Waals surface area contributed by atoms with Gasteiger partial charge < -0.3 is 10.2 Å². The largest absolute Gasteiger partial charge is 0.513 e. The summed E-state index contributed by atoms with van der Waals surface area (Å²) in [5.74, 6) is -0.0255. The van der Waals surface area contributed by atoms with E-state index in [2.05, 4.69) is 6.58 Å². The van der Waals surface area contributed by atoms with Gasteiger partial charge in [-0.1, -0.05) is 30.3 Å². The Kier molecular flexibility index (Phi) is 3.34. The summed E-state index contributed by atoms with van der Waals surface area (Å²) in [4.78, 5) is 0. The lowest BCUT2D eigenvalue weighted by Gasteiger charge is -2.09.